The van der Waals surface area contributed by atoms with Crippen LogP contribution in [0.4, 0.5) is 4.39 Å². The second-order valence-corrected chi connectivity index (χ2v) is 6.52. The van der Waals surface area contributed by atoms with E-state index < -0.39 is 11.7 Å². The minimum Gasteiger partial charge on any atom is -0.457 e. The quantitative estimate of drug-likeness (QED) is 0.623. The molecule has 0 saturated carbocycles. The molecule has 154 valence electrons. The molecule has 1 amide bonds. The molecule has 2 aromatic carbocycles. The van der Waals surface area contributed by atoms with E-state index in [1.165, 1.54) is 23.1 Å². The summed E-state index contributed by atoms with van der Waals surface area (Å²) in [4.78, 5) is 14.0. The van der Waals surface area contributed by atoms with Crippen molar-refractivity contribution >= 4 is 18.3 Å². The van der Waals surface area contributed by atoms with E-state index in [4.69, 9.17) is 15.0 Å². The van der Waals surface area contributed by atoms with Crippen LogP contribution in [-0.2, 0) is 13.0 Å². The van der Waals surface area contributed by atoms with E-state index in [0.29, 0.717) is 29.5 Å². The van der Waals surface area contributed by atoms with Gasteiger partial charge in [0.1, 0.15) is 28.8 Å². The van der Waals surface area contributed by atoms with E-state index in [0.717, 1.165) is 12.0 Å². The lowest BCUT2D eigenvalue weighted by molar-refractivity contribution is 0.0777. The maximum absolute atomic E-state index is 14.3. The number of aromatic nitrogens is 1. The Labute approximate surface area is 174 Å². The predicted molar refractivity (Wildman–Crippen MR) is 110 cm³/mol. The molecule has 0 unspecified atom stereocenters. The van der Waals surface area contributed by atoms with Gasteiger partial charge in [0.15, 0.2) is 0 Å². The predicted octanol–water partition coefficient (Wildman–Crippen LogP) is 4.11. The normalized spacial score (nSPS) is 10.3. The van der Waals surface area contributed by atoms with Crippen molar-refractivity contribution in [2.75, 3.05) is 13.6 Å². The summed E-state index contributed by atoms with van der Waals surface area (Å²) >= 11 is 0. The molecular weight excluding hydrogens is 397 g/mol. The highest BCUT2D eigenvalue weighted by molar-refractivity contribution is 5.94. The zero-order valence-electron chi connectivity index (χ0n) is 16.2. The smallest absolute Gasteiger partial charge is 0.257 e. The van der Waals surface area contributed by atoms with Crippen LogP contribution in [0.3, 0.4) is 0 Å². The molecule has 3 aromatic rings. The van der Waals surface area contributed by atoms with E-state index in [1.807, 2.05) is 24.3 Å². The van der Waals surface area contributed by atoms with Gasteiger partial charge in [-0.2, -0.15) is 0 Å². The van der Waals surface area contributed by atoms with Crippen molar-refractivity contribution in [2.45, 2.75) is 19.9 Å². The van der Waals surface area contributed by atoms with Crippen LogP contribution in [0.2, 0.25) is 0 Å². The van der Waals surface area contributed by atoms with E-state index in [1.54, 1.807) is 20.0 Å². The summed E-state index contributed by atoms with van der Waals surface area (Å²) < 4.78 is 25.0. The van der Waals surface area contributed by atoms with Gasteiger partial charge >= 0.3 is 0 Å². The monoisotopic (exact) mass is 419 g/mol. The van der Waals surface area contributed by atoms with Gasteiger partial charge in [0.25, 0.3) is 5.91 Å². The summed E-state index contributed by atoms with van der Waals surface area (Å²) in [6.45, 7) is 2.55. The number of hydrogen-bond acceptors (Lipinski definition) is 5. The molecule has 3 rings (SSSR count). The summed E-state index contributed by atoms with van der Waals surface area (Å²) in [5, 5.41) is 3.85. The van der Waals surface area contributed by atoms with Gasteiger partial charge in [-0.15, -0.1) is 12.4 Å². The van der Waals surface area contributed by atoms with Crippen LogP contribution in [-0.4, -0.2) is 29.6 Å². The molecule has 2 N–H and O–H groups in total. The second kappa shape index (κ2) is 10.0. The molecule has 0 aliphatic carbocycles. The van der Waals surface area contributed by atoms with Crippen molar-refractivity contribution in [3.8, 4) is 11.5 Å². The maximum atomic E-state index is 14.3. The van der Waals surface area contributed by atoms with Crippen LogP contribution < -0.4 is 10.5 Å². The number of nitrogens with two attached hydrogens (primary N) is 1. The minimum atomic E-state index is -0.612. The average Bonchev–Trinajstić information content (AvgIpc) is 3.09. The second-order valence-electron chi connectivity index (χ2n) is 6.52. The lowest BCUT2D eigenvalue weighted by Crippen LogP contribution is -2.27. The standard InChI is InChI=1S/C21H22FN3O3.ClH/c1-14-11-16(24-28-14)13-25(2)21(26)19-12-18(7-8-20(19)22)27-17-5-3-15(4-6-17)9-10-23;/h3-8,11-12H,9-10,13,23H2,1-2H3;1H. The third-order valence-corrected chi connectivity index (χ3v) is 4.18. The first-order valence-corrected chi connectivity index (χ1v) is 8.90. The Kier molecular flexibility index (Phi) is 7.75. The first-order valence-electron chi connectivity index (χ1n) is 8.90. The Morgan fingerprint density at radius 2 is 1.86 bits per heavy atom. The van der Waals surface area contributed by atoms with Crippen LogP contribution in [0.25, 0.3) is 0 Å². The van der Waals surface area contributed by atoms with Crippen molar-refractivity contribution in [3.05, 3.63) is 76.9 Å². The summed E-state index contributed by atoms with van der Waals surface area (Å²) in [5.41, 5.74) is 7.18. The third kappa shape index (κ3) is 5.79. The lowest BCUT2D eigenvalue weighted by Gasteiger charge is -2.16. The fourth-order valence-corrected chi connectivity index (χ4v) is 2.77. The maximum Gasteiger partial charge on any atom is 0.257 e. The molecule has 8 heteroatoms. The van der Waals surface area contributed by atoms with Crippen LogP contribution in [0.1, 0.15) is 27.4 Å². The first-order chi connectivity index (χ1) is 13.5. The van der Waals surface area contributed by atoms with Gasteiger partial charge in [-0.3, -0.25) is 4.79 Å². The molecular formula is C21H23ClFN3O3. The van der Waals surface area contributed by atoms with Crippen LogP contribution in [0.5, 0.6) is 11.5 Å². The van der Waals surface area contributed by atoms with E-state index in [2.05, 4.69) is 5.16 Å². The zero-order chi connectivity index (χ0) is 20.1. The van der Waals surface area contributed by atoms with E-state index in [9.17, 15) is 9.18 Å². The molecule has 0 spiro atoms. The number of aryl methyl sites for hydroxylation is 1. The van der Waals surface area contributed by atoms with Crippen molar-refractivity contribution in [1.29, 1.82) is 0 Å². The number of ether oxygens (including phenoxy) is 1. The fourth-order valence-electron chi connectivity index (χ4n) is 2.77. The molecule has 0 fully saturated rings. The van der Waals surface area contributed by atoms with Gasteiger partial charge in [-0.1, -0.05) is 17.3 Å². The SMILES string of the molecule is Cc1cc(CN(C)C(=O)c2cc(Oc3ccc(CCN)cc3)ccc2F)no1.Cl. The van der Waals surface area contributed by atoms with Gasteiger partial charge in [0, 0.05) is 13.1 Å². The highest BCUT2D eigenvalue weighted by atomic mass is 35.5. The molecule has 0 atom stereocenters. The van der Waals surface area contributed by atoms with Crippen molar-refractivity contribution in [2.24, 2.45) is 5.73 Å². The molecule has 0 radical (unpaired) electrons. The molecule has 1 aromatic heterocycles. The molecule has 6 nitrogen and oxygen atoms in total. The van der Waals surface area contributed by atoms with E-state index in [-0.39, 0.29) is 24.5 Å². The molecule has 29 heavy (non-hydrogen) atoms. The highest BCUT2D eigenvalue weighted by Crippen LogP contribution is 2.25. The Hall–Kier alpha value is -2.90. The zero-order valence-corrected chi connectivity index (χ0v) is 17.0. The number of carbonyl (C=O) groups is 1. The minimum absolute atomic E-state index is 0. The Bertz CT molecular complexity index is 960. The molecule has 0 aliphatic heterocycles. The van der Waals surface area contributed by atoms with Gasteiger partial charge in [0.05, 0.1) is 12.1 Å². The topological polar surface area (TPSA) is 81.6 Å². The fraction of sp³-hybridized carbons (Fsp3) is 0.238. The Morgan fingerprint density at radius 1 is 1.17 bits per heavy atom. The number of amides is 1. The number of carbonyl (C=O) groups excluding carboxylic acids is 1. The summed E-state index contributed by atoms with van der Waals surface area (Å²) in [6.07, 6.45) is 0.785. The third-order valence-electron chi connectivity index (χ3n) is 4.18. The van der Waals surface area contributed by atoms with Gasteiger partial charge in [-0.25, -0.2) is 4.39 Å². The van der Waals surface area contributed by atoms with E-state index >= 15 is 0 Å². The molecule has 1 heterocycles. The highest BCUT2D eigenvalue weighted by Gasteiger charge is 2.19. The first kappa shape index (κ1) is 22.4. The Balaban J connectivity index is 0.00000300. The van der Waals surface area contributed by atoms with Crippen LogP contribution in [0.15, 0.2) is 53.1 Å². The average molecular weight is 420 g/mol. The Morgan fingerprint density at radius 3 is 2.48 bits per heavy atom. The van der Waals surface area contributed by atoms with Crippen LogP contribution >= 0.6 is 12.4 Å². The number of benzene rings is 2. The van der Waals surface area contributed by atoms with Crippen LogP contribution in [0, 0.1) is 12.7 Å². The summed E-state index contributed by atoms with van der Waals surface area (Å²) in [5.74, 6) is 0.537. The lowest BCUT2D eigenvalue weighted by atomic mass is 10.1. The number of rotatable bonds is 7. The van der Waals surface area contributed by atoms with Gasteiger partial charge in [-0.05, 0) is 55.8 Å². The number of nitrogens with zero attached hydrogens (tertiary/aromatic N) is 2. The van der Waals surface area contributed by atoms with Crippen molar-refractivity contribution in [3.63, 3.8) is 0 Å². The molecule has 0 aliphatic rings. The van der Waals surface area contributed by atoms with Gasteiger partial charge < -0.3 is 19.9 Å². The largest absolute Gasteiger partial charge is 0.457 e. The molecule has 0 bridgehead atoms. The number of halogens is 2. The number of hydrogen-bond donors (Lipinski definition) is 1. The molecule has 0 saturated heterocycles. The van der Waals surface area contributed by atoms with Gasteiger partial charge in [0.2, 0.25) is 0 Å². The summed E-state index contributed by atoms with van der Waals surface area (Å²) in [7, 11) is 1.58. The van der Waals surface area contributed by atoms with Crippen molar-refractivity contribution < 1.29 is 18.4 Å². The van der Waals surface area contributed by atoms with Crippen molar-refractivity contribution in [1.82, 2.24) is 10.1 Å². The summed E-state index contributed by atoms with van der Waals surface area (Å²) in [6, 6.07) is 13.3.